The first-order chi connectivity index (χ1) is 12.3. The Kier molecular flexibility index (Phi) is 6.03. The Labute approximate surface area is 147 Å². The second kappa shape index (κ2) is 8.86. The average molecular weight is 341 g/mol. The highest BCUT2D eigenvalue weighted by atomic mass is 16.5. The summed E-state index contributed by atoms with van der Waals surface area (Å²) in [7, 11) is 0. The maximum atomic E-state index is 12.0. The Morgan fingerprint density at radius 2 is 2.00 bits per heavy atom. The molecule has 1 aromatic carbocycles. The summed E-state index contributed by atoms with van der Waals surface area (Å²) < 4.78 is 5.55. The number of hydrogen-bond acceptors (Lipinski definition) is 5. The predicted molar refractivity (Wildman–Crippen MR) is 95.7 cm³/mol. The van der Waals surface area contributed by atoms with Crippen molar-refractivity contribution in [3.63, 3.8) is 0 Å². The van der Waals surface area contributed by atoms with E-state index in [0.29, 0.717) is 19.1 Å². The third-order valence-corrected chi connectivity index (χ3v) is 3.99. The van der Waals surface area contributed by atoms with Gasteiger partial charge in [-0.05, 0) is 31.0 Å². The van der Waals surface area contributed by atoms with E-state index in [1.807, 2.05) is 30.3 Å². The van der Waals surface area contributed by atoms with Gasteiger partial charge in [0.2, 0.25) is 5.95 Å². The van der Waals surface area contributed by atoms with Gasteiger partial charge in [0.15, 0.2) is 0 Å². The summed E-state index contributed by atoms with van der Waals surface area (Å²) in [6.45, 7) is 2.53. The molecule has 0 unspecified atom stereocenters. The van der Waals surface area contributed by atoms with Gasteiger partial charge < -0.3 is 20.3 Å². The molecule has 2 aromatic rings. The maximum Gasteiger partial charge on any atom is 0.315 e. The van der Waals surface area contributed by atoms with Gasteiger partial charge in [-0.1, -0.05) is 18.2 Å². The lowest BCUT2D eigenvalue weighted by atomic mass is 10.1. The van der Waals surface area contributed by atoms with E-state index < -0.39 is 0 Å². The molecule has 0 spiro atoms. The third kappa shape index (κ3) is 5.34. The molecule has 2 heterocycles. The van der Waals surface area contributed by atoms with Crippen LogP contribution in [-0.4, -0.2) is 48.3 Å². The quantitative estimate of drug-likeness (QED) is 0.784. The minimum atomic E-state index is -0.169. The van der Waals surface area contributed by atoms with Crippen LogP contribution in [0.4, 0.5) is 10.7 Å². The van der Waals surface area contributed by atoms with Gasteiger partial charge in [-0.25, -0.2) is 14.8 Å². The number of nitrogens with one attached hydrogen (secondary N) is 2. The number of ether oxygens (including phenoxy) is 1. The zero-order valence-corrected chi connectivity index (χ0v) is 14.1. The smallest absolute Gasteiger partial charge is 0.315 e. The van der Waals surface area contributed by atoms with Gasteiger partial charge in [0.1, 0.15) is 12.4 Å². The molecule has 25 heavy (non-hydrogen) atoms. The van der Waals surface area contributed by atoms with Crippen LogP contribution in [0.25, 0.3) is 0 Å². The van der Waals surface area contributed by atoms with Crippen molar-refractivity contribution in [3.8, 4) is 5.75 Å². The van der Waals surface area contributed by atoms with E-state index >= 15 is 0 Å². The van der Waals surface area contributed by atoms with Crippen LogP contribution < -0.4 is 20.3 Å². The summed E-state index contributed by atoms with van der Waals surface area (Å²) in [4.78, 5) is 22.7. The highest BCUT2D eigenvalue weighted by molar-refractivity contribution is 5.74. The Bertz CT molecular complexity index is 653. The first kappa shape index (κ1) is 17.0. The monoisotopic (exact) mass is 341 g/mol. The van der Waals surface area contributed by atoms with Crippen molar-refractivity contribution >= 4 is 12.0 Å². The SMILES string of the molecule is O=C(NCCOc1ccccc1)N[C@H]1CCCN(c2ncccn2)C1. The number of anilines is 1. The largest absolute Gasteiger partial charge is 0.492 e. The number of amides is 2. The molecule has 1 atom stereocenters. The molecule has 0 saturated carbocycles. The zero-order valence-electron chi connectivity index (χ0n) is 14.1. The molecule has 7 nitrogen and oxygen atoms in total. The van der Waals surface area contributed by atoms with Crippen molar-refractivity contribution in [2.24, 2.45) is 0 Å². The van der Waals surface area contributed by atoms with Crippen LogP contribution in [0.5, 0.6) is 5.75 Å². The van der Waals surface area contributed by atoms with Crippen LogP contribution in [0, 0.1) is 0 Å². The lowest BCUT2D eigenvalue weighted by Crippen LogP contribution is -2.51. The fourth-order valence-electron chi connectivity index (χ4n) is 2.82. The Morgan fingerprint density at radius 1 is 1.20 bits per heavy atom. The summed E-state index contributed by atoms with van der Waals surface area (Å²) in [5, 5.41) is 5.84. The van der Waals surface area contributed by atoms with E-state index in [0.717, 1.165) is 31.7 Å². The van der Waals surface area contributed by atoms with E-state index in [1.165, 1.54) is 0 Å². The summed E-state index contributed by atoms with van der Waals surface area (Å²) >= 11 is 0. The summed E-state index contributed by atoms with van der Waals surface area (Å²) in [5.41, 5.74) is 0. The van der Waals surface area contributed by atoms with Crippen molar-refractivity contribution < 1.29 is 9.53 Å². The number of rotatable bonds is 6. The van der Waals surface area contributed by atoms with Gasteiger partial charge in [0.05, 0.1) is 6.54 Å². The number of carbonyl (C=O) groups excluding carboxylic acids is 1. The van der Waals surface area contributed by atoms with E-state index in [9.17, 15) is 4.79 Å². The van der Waals surface area contributed by atoms with Crippen molar-refractivity contribution in [2.75, 3.05) is 31.1 Å². The molecule has 1 aliphatic heterocycles. The van der Waals surface area contributed by atoms with Crippen LogP contribution in [0.3, 0.4) is 0 Å². The molecule has 2 amide bonds. The number of para-hydroxylation sites is 1. The van der Waals surface area contributed by atoms with Crippen LogP contribution in [0.1, 0.15) is 12.8 Å². The van der Waals surface area contributed by atoms with Crippen molar-refractivity contribution in [2.45, 2.75) is 18.9 Å². The molecular weight excluding hydrogens is 318 g/mol. The van der Waals surface area contributed by atoms with Gasteiger partial charge in [0.25, 0.3) is 0 Å². The topological polar surface area (TPSA) is 79.4 Å². The third-order valence-electron chi connectivity index (χ3n) is 3.99. The van der Waals surface area contributed by atoms with Gasteiger partial charge >= 0.3 is 6.03 Å². The van der Waals surface area contributed by atoms with E-state index in [1.54, 1.807) is 18.5 Å². The second-order valence-corrected chi connectivity index (χ2v) is 5.90. The molecule has 1 saturated heterocycles. The van der Waals surface area contributed by atoms with Gasteiger partial charge in [-0.2, -0.15) is 0 Å². The fourth-order valence-corrected chi connectivity index (χ4v) is 2.82. The summed E-state index contributed by atoms with van der Waals surface area (Å²) in [6, 6.07) is 11.3. The minimum absolute atomic E-state index is 0.0904. The summed E-state index contributed by atoms with van der Waals surface area (Å²) in [6.07, 6.45) is 5.43. The first-order valence-electron chi connectivity index (χ1n) is 8.55. The molecule has 0 aliphatic carbocycles. The second-order valence-electron chi connectivity index (χ2n) is 5.90. The molecule has 7 heteroatoms. The lowest BCUT2D eigenvalue weighted by Gasteiger charge is -2.33. The van der Waals surface area contributed by atoms with E-state index in [4.69, 9.17) is 4.74 Å². The predicted octanol–water partition coefficient (Wildman–Crippen LogP) is 1.82. The number of nitrogens with zero attached hydrogens (tertiary/aromatic N) is 3. The number of carbonyl (C=O) groups is 1. The number of benzene rings is 1. The van der Waals surface area contributed by atoms with E-state index in [-0.39, 0.29) is 12.1 Å². The average Bonchev–Trinajstić information content (AvgIpc) is 2.67. The standard InChI is InChI=1S/C18H23N5O2/c24-18(21-11-13-25-16-7-2-1-3-8-16)22-15-6-4-12-23(14-15)17-19-9-5-10-20-17/h1-3,5,7-10,15H,4,6,11-14H2,(H2,21,22,24)/t15-/m0/s1. The number of urea groups is 1. The van der Waals surface area contributed by atoms with Crippen LogP contribution >= 0.6 is 0 Å². The van der Waals surface area contributed by atoms with Gasteiger partial charge in [-0.15, -0.1) is 0 Å². The van der Waals surface area contributed by atoms with Crippen molar-refractivity contribution in [1.29, 1.82) is 0 Å². The number of hydrogen-bond donors (Lipinski definition) is 2. The Morgan fingerprint density at radius 3 is 2.80 bits per heavy atom. The molecular formula is C18H23N5O2. The van der Waals surface area contributed by atoms with Gasteiger partial charge in [0, 0.05) is 31.5 Å². The van der Waals surface area contributed by atoms with Crippen molar-refractivity contribution in [1.82, 2.24) is 20.6 Å². The lowest BCUT2D eigenvalue weighted by molar-refractivity contribution is 0.231. The minimum Gasteiger partial charge on any atom is -0.492 e. The molecule has 1 aliphatic rings. The van der Waals surface area contributed by atoms with Gasteiger partial charge in [-0.3, -0.25) is 0 Å². The number of piperidine rings is 1. The normalized spacial score (nSPS) is 17.0. The Balaban J connectivity index is 1.37. The van der Waals surface area contributed by atoms with Crippen LogP contribution in [0.2, 0.25) is 0 Å². The first-order valence-corrected chi connectivity index (χ1v) is 8.55. The fraction of sp³-hybridized carbons (Fsp3) is 0.389. The van der Waals surface area contributed by atoms with Crippen LogP contribution in [0.15, 0.2) is 48.8 Å². The molecule has 0 radical (unpaired) electrons. The van der Waals surface area contributed by atoms with E-state index in [2.05, 4.69) is 25.5 Å². The number of aromatic nitrogens is 2. The summed E-state index contributed by atoms with van der Waals surface area (Å²) in [5.74, 6) is 1.51. The Hall–Kier alpha value is -2.83. The molecule has 1 fully saturated rings. The molecule has 3 rings (SSSR count). The molecule has 1 aromatic heterocycles. The zero-order chi connectivity index (χ0) is 17.3. The highest BCUT2D eigenvalue weighted by Gasteiger charge is 2.22. The maximum absolute atomic E-state index is 12.0. The highest BCUT2D eigenvalue weighted by Crippen LogP contribution is 2.15. The molecule has 2 N–H and O–H groups in total. The van der Waals surface area contributed by atoms with Crippen molar-refractivity contribution in [3.05, 3.63) is 48.8 Å². The van der Waals surface area contributed by atoms with Crippen LogP contribution in [-0.2, 0) is 0 Å². The molecule has 0 bridgehead atoms. The molecule has 132 valence electrons.